The Balaban J connectivity index is 2.75. The topological polar surface area (TPSA) is 44.1 Å². The molecule has 0 aliphatic rings. The molecule has 0 N–H and O–H groups in total. The quantitative estimate of drug-likeness (QED) is 0.634. The zero-order valence-corrected chi connectivity index (χ0v) is 7.40. The fourth-order valence-electron chi connectivity index (χ4n) is 0.979. The van der Waals surface area contributed by atoms with Gasteiger partial charge in [-0.25, -0.2) is 0 Å². The third-order valence-electron chi connectivity index (χ3n) is 1.68. The van der Waals surface area contributed by atoms with Gasteiger partial charge in [-0.15, -0.1) is 0 Å². The lowest BCUT2D eigenvalue weighted by molar-refractivity contribution is 0.0812. The van der Waals surface area contributed by atoms with Crippen LogP contribution in [-0.4, -0.2) is 24.4 Å². The highest BCUT2D eigenvalue weighted by Gasteiger charge is 2.09. The van der Waals surface area contributed by atoms with Crippen LogP contribution in [0.3, 0.4) is 0 Å². The average molecular weight is 174 g/mol. The number of nitrogens with zero attached hydrogens (tertiary/aromatic N) is 2. The molecule has 1 aromatic carbocycles. The van der Waals surface area contributed by atoms with Gasteiger partial charge in [-0.05, 0) is 12.1 Å². The molecule has 0 radical (unpaired) electrons. The molecule has 0 bridgehead atoms. The Morgan fingerprint density at radius 3 is 2.62 bits per heavy atom. The molecule has 0 spiro atoms. The Hall–Kier alpha value is -1.82. The Kier molecular flexibility index (Phi) is 3.04. The predicted octanol–water partition coefficient (Wildman–Crippen LogP) is 1.28. The van der Waals surface area contributed by atoms with Crippen molar-refractivity contribution in [3.8, 4) is 6.07 Å². The summed E-state index contributed by atoms with van der Waals surface area (Å²) in [6.07, 6.45) is 0. The standard InChI is InChI=1S/C10H10N2O/c1-12(8-7-11)10(13)9-5-3-2-4-6-9/h2-6H,8H2,1H3. The SMILES string of the molecule is CN(CC#N)C(=O)c1ccccc1. The van der Waals surface area contributed by atoms with E-state index in [0.717, 1.165) is 0 Å². The van der Waals surface area contributed by atoms with E-state index in [-0.39, 0.29) is 12.5 Å². The molecule has 1 amide bonds. The highest BCUT2D eigenvalue weighted by atomic mass is 16.2. The maximum Gasteiger partial charge on any atom is 0.254 e. The maximum absolute atomic E-state index is 11.5. The van der Waals surface area contributed by atoms with E-state index >= 15 is 0 Å². The van der Waals surface area contributed by atoms with Crippen molar-refractivity contribution in [1.29, 1.82) is 5.26 Å². The molecule has 3 heteroatoms. The van der Waals surface area contributed by atoms with Crippen LogP contribution in [0.5, 0.6) is 0 Å². The summed E-state index contributed by atoms with van der Waals surface area (Å²) >= 11 is 0. The maximum atomic E-state index is 11.5. The second-order valence-corrected chi connectivity index (χ2v) is 2.69. The molecule has 13 heavy (non-hydrogen) atoms. The van der Waals surface area contributed by atoms with Crippen molar-refractivity contribution < 1.29 is 4.79 Å². The predicted molar refractivity (Wildman–Crippen MR) is 49.0 cm³/mol. The fraction of sp³-hybridized carbons (Fsp3) is 0.200. The molecule has 0 aromatic heterocycles. The van der Waals surface area contributed by atoms with Gasteiger partial charge in [0.1, 0.15) is 6.54 Å². The molecule has 0 heterocycles. The van der Waals surface area contributed by atoms with Crippen LogP contribution in [0.4, 0.5) is 0 Å². The highest BCUT2D eigenvalue weighted by molar-refractivity contribution is 5.94. The molecule has 3 nitrogen and oxygen atoms in total. The Bertz CT molecular complexity index is 327. The first-order chi connectivity index (χ1) is 6.25. The summed E-state index contributed by atoms with van der Waals surface area (Å²) in [7, 11) is 1.61. The van der Waals surface area contributed by atoms with Gasteiger partial charge in [-0.2, -0.15) is 5.26 Å². The van der Waals surface area contributed by atoms with Gasteiger partial charge in [-0.3, -0.25) is 4.79 Å². The number of carbonyl (C=O) groups excluding carboxylic acids is 1. The summed E-state index contributed by atoms with van der Waals surface area (Å²) in [6.45, 7) is 0.119. The van der Waals surface area contributed by atoms with Gasteiger partial charge in [0, 0.05) is 12.6 Å². The normalized spacial score (nSPS) is 8.92. The smallest absolute Gasteiger partial charge is 0.254 e. The van der Waals surface area contributed by atoms with Crippen molar-refractivity contribution in [2.24, 2.45) is 0 Å². The number of rotatable bonds is 2. The molecule has 0 aliphatic carbocycles. The van der Waals surface area contributed by atoms with E-state index in [2.05, 4.69) is 0 Å². The summed E-state index contributed by atoms with van der Waals surface area (Å²) in [5.41, 5.74) is 0.611. The molecule has 0 saturated carbocycles. The molecular formula is C10H10N2O. The van der Waals surface area contributed by atoms with Gasteiger partial charge in [-0.1, -0.05) is 18.2 Å². The van der Waals surface area contributed by atoms with Crippen LogP contribution in [-0.2, 0) is 0 Å². The molecule has 0 aliphatic heterocycles. The van der Waals surface area contributed by atoms with Crippen molar-refractivity contribution in [2.75, 3.05) is 13.6 Å². The first kappa shape index (κ1) is 9.27. The zero-order valence-electron chi connectivity index (χ0n) is 7.40. The molecule has 0 atom stereocenters. The van der Waals surface area contributed by atoms with Gasteiger partial charge < -0.3 is 4.90 Å². The molecule has 66 valence electrons. The van der Waals surface area contributed by atoms with E-state index in [1.807, 2.05) is 12.1 Å². The molecule has 0 saturated heterocycles. The van der Waals surface area contributed by atoms with Crippen molar-refractivity contribution in [1.82, 2.24) is 4.90 Å². The molecule has 0 fully saturated rings. The number of benzene rings is 1. The van der Waals surface area contributed by atoms with Crippen LogP contribution in [0, 0.1) is 11.3 Å². The van der Waals surface area contributed by atoms with E-state index in [1.165, 1.54) is 4.90 Å². The van der Waals surface area contributed by atoms with Gasteiger partial charge in [0.2, 0.25) is 0 Å². The summed E-state index contributed by atoms with van der Waals surface area (Å²) < 4.78 is 0. The Morgan fingerprint density at radius 1 is 1.46 bits per heavy atom. The van der Waals surface area contributed by atoms with Crippen molar-refractivity contribution in [2.45, 2.75) is 0 Å². The third-order valence-corrected chi connectivity index (χ3v) is 1.68. The van der Waals surface area contributed by atoms with Crippen LogP contribution in [0.25, 0.3) is 0 Å². The fourth-order valence-corrected chi connectivity index (χ4v) is 0.979. The van der Waals surface area contributed by atoms with E-state index in [0.29, 0.717) is 5.56 Å². The lowest BCUT2D eigenvalue weighted by Gasteiger charge is -2.12. The van der Waals surface area contributed by atoms with Crippen LogP contribution >= 0.6 is 0 Å². The van der Waals surface area contributed by atoms with Crippen LogP contribution < -0.4 is 0 Å². The Labute approximate surface area is 77.2 Å². The second kappa shape index (κ2) is 4.27. The van der Waals surface area contributed by atoms with Gasteiger partial charge in [0.05, 0.1) is 6.07 Å². The van der Waals surface area contributed by atoms with Crippen LogP contribution in [0.15, 0.2) is 30.3 Å². The van der Waals surface area contributed by atoms with E-state index in [4.69, 9.17) is 5.26 Å². The Morgan fingerprint density at radius 2 is 2.08 bits per heavy atom. The van der Waals surface area contributed by atoms with E-state index in [9.17, 15) is 4.79 Å². The number of hydrogen-bond donors (Lipinski definition) is 0. The minimum atomic E-state index is -0.123. The van der Waals surface area contributed by atoms with Gasteiger partial charge >= 0.3 is 0 Å². The second-order valence-electron chi connectivity index (χ2n) is 2.69. The number of amides is 1. The van der Waals surface area contributed by atoms with Crippen LogP contribution in [0.2, 0.25) is 0 Å². The highest BCUT2D eigenvalue weighted by Crippen LogP contribution is 2.01. The first-order valence-corrected chi connectivity index (χ1v) is 3.93. The number of nitriles is 1. The van der Waals surface area contributed by atoms with E-state index < -0.39 is 0 Å². The first-order valence-electron chi connectivity index (χ1n) is 3.93. The molecule has 1 aromatic rings. The van der Waals surface area contributed by atoms with E-state index in [1.54, 1.807) is 31.3 Å². The minimum absolute atomic E-state index is 0.119. The monoisotopic (exact) mass is 174 g/mol. The summed E-state index contributed by atoms with van der Waals surface area (Å²) in [6, 6.07) is 10.8. The lowest BCUT2D eigenvalue weighted by atomic mass is 10.2. The third kappa shape index (κ3) is 2.31. The summed E-state index contributed by atoms with van der Waals surface area (Å²) in [4.78, 5) is 12.9. The molecule has 0 unspecified atom stereocenters. The minimum Gasteiger partial charge on any atom is -0.328 e. The van der Waals surface area contributed by atoms with Crippen molar-refractivity contribution >= 4 is 5.91 Å². The number of hydrogen-bond acceptors (Lipinski definition) is 2. The average Bonchev–Trinajstić information content (AvgIpc) is 2.18. The van der Waals surface area contributed by atoms with Crippen molar-refractivity contribution in [3.63, 3.8) is 0 Å². The number of carbonyl (C=O) groups is 1. The van der Waals surface area contributed by atoms with Gasteiger partial charge in [0.15, 0.2) is 0 Å². The zero-order chi connectivity index (χ0) is 9.68. The lowest BCUT2D eigenvalue weighted by Crippen LogP contribution is -2.26. The summed E-state index contributed by atoms with van der Waals surface area (Å²) in [5, 5.41) is 8.39. The molecular weight excluding hydrogens is 164 g/mol. The molecule has 1 rings (SSSR count). The van der Waals surface area contributed by atoms with Crippen LogP contribution in [0.1, 0.15) is 10.4 Å². The van der Waals surface area contributed by atoms with Gasteiger partial charge in [0.25, 0.3) is 5.91 Å². The largest absolute Gasteiger partial charge is 0.328 e. The van der Waals surface area contributed by atoms with Crippen molar-refractivity contribution in [3.05, 3.63) is 35.9 Å². The summed E-state index contributed by atoms with van der Waals surface area (Å²) in [5.74, 6) is -0.123.